The summed E-state index contributed by atoms with van der Waals surface area (Å²) in [5, 5.41) is 6.74. The van der Waals surface area contributed by atoms with Gasteiger partial charge in [0.1, 0.15) is 12.1 Å². The first-order valence-corrected chi connectivity index (χ1v) is 7.72. The van der Waals surface area contributed by atoms with Crippen LogP contribution in [0.3, 0.4) is 0 Å². The molecule has 2 fully saturated rings. The van der Waals surface area contributed by atoms with Gasteiger partial charge >= 0.3 is 6.03 Å². The first kappa shape index (κ1) is 15.5. The van der Waals surface area contributed by atoms with Crippen LogP contribution in [0.4, 0.5) is 4.79 Å². The summed E-state index contributed by atoms with van der Waals surface area (Å²) in [4.78, 5) is 39.5. The van der Waals surface area contributed by atoms with Crippen molar-refractivity contribution in [3.05, 3.63) is 18.0 Å². The number of urea groups is 1. The molecule has 0 unspecified atom stereocenters. The van der Waals surface area contributed by atoms with Gasteiger partial charge in [-0.1, -0.05) is 0 Å². The maximum Gasteiger partial charge on any atom is 0.325 e. The van der Waals surface area contributed by atoms with Crippen LogP contribution in [0.2, 0.25) is 0 Å². The van der Waals surface area contributed by atoms with E-state index in [1.165, 1.54) is 0 Å². The third-order valence-electron chi connectivity index (χ3n) is 4.42. The van der Waals surface area contributed by atoms with Crippen molar-refractivity contribution in [2.24, 2.45) is 7.05 Å². The van der Waals surface area contributed by atoms with Crippen LogP contribution in [0, 0.1) is 0 Å². The second-order valence-corrected chi connectivity index (χ2v) is 6.64. The molecule has 8 nitrogen and oxygen atoms in total. The molecule has 0 spiro atoms. The molecular formula is C15H21N5O3. The number of nitrogens with zero attached hydrogens (tertiary/aromatic N) is 4. The minimum Gasteiger partial charge on any atom is -0.334 e. The molecule has 0 aromatic carbocycles. The van der Waals surface area contributed by atoms with E-state index >= 15 is 0 Å². The van der Waals surface area contributed by atoms with Gasteiger partial charge in [-0.3, -0.25) is 19.2 Å². The summed E-state index contributed by atoms with van der Waals surface area (Å²) in [6, 6.07) is -0.546. The SMILES string of the molecule is Cn1cc([C@@H]2CCCN2C(=O)CN2C(=O)NC(C)(C)C2=O)cn1. The van der Waals surface area contributed by atoms with Gasteiger partial charge in [-0.15, -0.1) is 0 Å². The van der Waals surface area contributed by atoms with Gasteiger partial charge in [-0.2, -0.15) is 5.10 Å². The number of hydrogen-bond acceptors (Lipinski definition) is 4. The molecule has 2 aliphatic rings. The summed E-state index contributed by atoms with van der Waals surface area (Å²) in [6.45, 7) is 3.67. The molecule has 4 amide bonds. The van der Waals surface area contributed by atoms with E-state index in [0.717, 1.165) is 23.3 Å². The van der Waals surface area contributed by atoms with Crippen LogP contribution >= 0.6 is 0 Å². The lowest BCUT2D eigenvalue weighted by atomic mass is 10.1. The predicted molar refractivity (Wildman–Crippen MR) is 81.2 cm³/mol. The minimum absolute atomic E-state index is 0.0371. The first-order chi connectivity index (χ1) is 10.8. The number of carbonyl (C=O) groups excluding carboxylic acids is 3. The Morgan fingerprint density at radius 1 is 1.43 bits per heavy atom. The lowest BCUT2D eigenvalue weighted by Gasteiger charge is -2.25. The van der Waals surface area contributed by atoms with Crippen molar-refractivity contribution in [3.8, 4) is 0 Å². The zero-order chi connectivity index (χ0) is 16.8. The summed E-state index contributed by atoms with van der Waals surface area (Å²) in [6.07, 6.45) is 5.42. The maximum atomic E-state index is 12.6. The van der Waals surface area contributed by atoms with Crippen LogP contribution in [0.25, 0.3) is 0 Å². The number of hydrogen-bond donors (Lipinski definition) is 1. The lowest BCUT2D eigenvalue weighted by Crippen LogP contribution is -2.44. The summed E-state index contributed by atoms with van der Waals surface area (Å²) in [5.74, 6) is -0.578. The van der Waals surface area contributed by atoms with Crippen molar-refractivity contribution in [2.45, 2.75) is 38.3 Å². The predicted octanol–water partition coefficient (Wildman–Crippen LogP) is 0.414. The summed E-state index contributed by atoms with van der Waals surface area (Å²) >= 11 is 0. The molecule has 124 valence electrons. The fourth-order valence-corrected chi connectivity index (χ4v) is 3.21. The van der Waals surface area contributed by atoms with E-state index in [-0.39, 0.29) is 24.4 Å². The summed E-state index contributed by atoms with van der Waals surface area (Å²) < 4.78 is 1.70. The third-order valence-corrected chi connectivity index (χ3v) is 4.42. The molecule has 2 saturated heterocycles. The Labute approximate surface area is 134 Å². The molecule has 2 aliphatic heterocycles. The molecule has 0 saturated carbocycles. The van der Waals surface area contributed by atoms with Gasteiger partial charge in [0.15, 0.2) is 0 Å². The van der Waals surface area contributed by atoms with Crippen molar-refractivity contribution in [1.29, 1.82) is 0 Å². The van der Waals surface area contributed by atoms with E-state index in [0.29, 0.717) is 6.54 Å². The van der Waals surface area contributed by atoms with E-state index in [9.17, 15) is 14.4 Å². The number of carbonyl (C=O) groups is 3. The van der Waals surface area contributed by atoms with Crippen molar-refractivity contribution < 1.29 is 14.4 Å². The largest absolute Gasteiger partial charge is 0.334 e. The fourth-order valence-electron chi connectivity index (χ4n) is 3.21. The smallest absolute Gasteiger partial charge is 0.325 e. The zero-order valence-corrected chi connectivity index (χ0v) is 13.6. The zero-order valence-electron chi connectivity index (χ0n) is 13.6. The number of rotatable bonds is 3. The Hall–Kier alpha value is -2.38. The van der Waals surface area contributed by atoms with E-state index in [2.05, 4.69) is 10.4 Å². The average Bonchev–Trinajstić information content (AvgIpc) is 3.14. The lowest BCUT2D eigenvalue weighted by molar-refractivity contribution is -0.139. The molecule has 3 heterocycles. The van der Waals surface area contributed by atoms with Gasteiger partial charge < -0.3 is 10.2 Å². The minimum atomic E-state index is -0.953. The van der Waals surface area contributed by atoms with Gasteiger partial charge in [0.2, 0.25) is 5.91 Å². The van der Waals surface area contributed by atoms with Crippen molar-refractivity contribution in [1.82, 2.24) is 24.9 Å². The van der Waals surface area contributed by atoms with E-state index < -0.39 is 11.6 Å². The van der Waals surface area contributed by atoms with Crippen LogP contribution < -0.4 is 5.32 Å². The van der Waals surface area contributed by atoms with Crippen LogP contribution in [0.15, 0.2) is 12.4 Å². The second-order valence-electron chi connectivity index (χ2n) is 6.64. The Morgan fingerprint density at radius 3 is 2.74 bits per heavy atom. The highest BCUT2D eigenvalue weighted by Gasteiger charge is 2.45. The van der Waals surface area contributed by atoms with Gasteiger partial charge in [0.25, 0.3) is 5.91 Å². The number of nitrogens with one attached hydrogen (secondary N) is 1. The molecule has 1 N–H and O–H groups in total. The van der Waals surface area contributed by atoms with E-state index in [4.69, 9.17) is 0 Å². The van der Waals surface area contributed by atoms with Crippen LogP contribution in [0.1, 0.15) is 38.3 Å². The molecule has 1 aromatic heterocycles. The Bertz CT molecular complexity index is 666. The highest BCUT2D eigenvalue weighted by atomic mass is 16.2. The van der Waals surface area contributed by atoms with Crippen molar-refractivity contribution in [3.63, 3.8) is 0 Å². The van der Waals surface area contributed by atoms with E-state index in [1.54, 1.807) is 29.6 Å². The van der Waals surface area contributed by atoms with Crippen LogP contribution in [-0.2, 0) is 16.6 Å². The monoisotopic (exact) mass is 319 g/mol. The maximum absolute atomic E-state index is 12.6. The molecule has 3 rings (SSSR count). The first-order valence-electron chi connectivity index (χ1n) is 7.72. The van der Waals surface area contributed by atoms with Gasteiger partial charge in [0.05, 0.1) is 12.2 Å². The topological polar surface area (TPSA) is 87.5 Å². The Kier molecular flexibility index (Phi) is 3.62. The molecule has 23 heavy (non-hydrogen) atoms. The Morgan fingerprint density at radius 2 is 2.17 bits per heavy atom. The quantitative estimate of drug-likeness (QED) is 0.818. The van der Waals surface area contributed by atoms with Gasteiger partial charge in [-0.25, -0.2) is 4.79 Å². The highest BCUT2D eigenvalue weighted by Crippen LogP contribution is 2.32. The van der Waals surface area contributed by atoms with Crippen LogP contribution in [0.5, 0.6) is 0 Å². The molecule has 8 heteroatoms. The van der Waals surface area contributed by atoms with Crippen molar-refractivity contribution in [2.75, 3.05) is 13.1 Å². The molecule has 1 atom stereocenters. The average molecular weight is 319 g/mol. The number of aryl methyl sites for hydroxylation is 1. The molecule has 1 aromatic rings. The van der Waals surface area contributed by atoms with E-state index in [1.807, 2.05) is 13.2 Å². The second kappa shape index (κ2) is 5.36. The molecule has 0 bridgehead atoms. The summed E-state index contributed by atoms with van der Waals surface area (Å²) in [5.41, 5.74) is 0.0290. The normalized spacial score (nSPS) is 23.5. The third kappa shape index (κ3) is 2.69. The Balaban J connectivity index is 1.73. The number of aromatic nitrogens is 2. The summed E-state index contributed by atoms with van der Waals surface area (Å²) in [7, 11) is 1.83. The molecule has 0 aliphatic carbocycles. The molecular weight excluding hydrogens is 298 g/mol. The van der Waals surface area contributed by atoms with Gasteiger partial charge in [-0.05, 0) is 26.7 Å². The number of likely N-dealkylation sites (tertiary alicyclic amines) is 1. The fraction of sp³-hybridized carbons (Fsp3) is 0.600. The highest BCUT2D eigenvalue weighted by molar-refractivity contribution is 6.08. The standard InChI is InChI=1S/C15H21N5O3/c1-15(2)13(22)20(14(23)17-15)9-12(21)19-6-4-5-11(19)10-7-16-18(3)8-10/h7-8,11H,4-6,9H2,1-3H3,(H,17,23)/t11-/m0/s1. The van der Waals surface area contributed by atoms with Crippen molar-refractivity contribution >= 4 is 17.8 Å². The number of imide groups is 1. The molecule has 0 radical (unpaired) electrons. The van der Waals surface area contributed by atoms with Gasteiger partial charge in [0, 0.05) is 25.4 Å². The number of amides is 4. The van der Waals surface area contributed by atoms with Crippen LogP contribution in [-0.4, -0.2) is 56.1 Å².